The van der Waals surface area contributed by atoms with Crippen LogP contribution in [0.5, 0.6) is 0 Å². The Kier molecular flexibility index (Phi) is 30.6. The van der Waals surface area contributed by atoms with Crippen molar-refractivity contribution in [2.45, 2.75) is 156 Å². The molecule has 0 aliphatic carbocycles. The van der Waals surface area contributed by atoms with Gasteiger partial charge in [0.05, 0.1) is 66.3 Å². The molecule has 746 valence electrons. The van der Waals surface area contributed by atoms with E-state index in [1.54, 1.807) is 80.4 Å². The Bertz CT molecular complexity index is 7170. The third kappa shape index (κ3) is 23.2. The molecule has 0 saturated carbocycles. The molecular formula is C98H121F3N22O14S3. The molecule has 0 unspecified atom stereocenters. The van der Waals surface area contributed by atoms with Gasteiger partial charge in [0.2, 0.25) is 23.8 Å². The van der Waals surface area contributed by atoms with Crippen molar-refractivity contribution < 1.29 is 57.4 Å². The Morgan fingerprint density at radius 3 is 1.22 bits per heavy atom. The highest BCUT2D eigenvalue weighted by Gasteiger charge is 2.37. The molecule has 6 saturated heterocycles. The fraction of sp³-hybridized carbons (Fsp3) is 0.469. The maximum atomic E-state index is 13.6. The Balaban J connectivity index is 0.000000129. The number of fused-ring (bicyclic) bond motifs is 4. The van der Waals surface area contributed by atoms with Gasteiger partial charge in [0, 0.05) is 164 Å². The first kappa shape index (κ1) is 99.4. The first-order chi connectivity index (χ1) is 67.2. The van der Waals surface area contributed by atoms with E-state index in [0.717, 1.165) is 179 Å². The minimum Gasteiger partial charge on any atom is -0.381 e. The Hall–Kier alpha value is -12.2. The number of nitrogens with one attached hydrogen (secondary N) is 8. The molecule has 15 heterocycles. The summed E-state index contributed by atoms with van der Waals surface area (Å²) in [7, 11) is -3.52. The lowest BCUT2D eigenvalue weighted by Gasteiger charge is -2.33. The summed E-state index contributed by atoms with van der Waals surface area (Å²) in [5.74, 6) is 3.81. The van der Waals surface area contributed by atoms with E-state index in [1.165, 1.54) is 45.9 Å². The van der Waals surface area contributed by atoms with Crippen LogP contribution in [-0.2, 0) is 69.8 Å². The zero-order chi connectivity index (χ0) is 98.3. The van der Waals surface area contributed by atoms with Gasteiger partial charge >= 0.3 is 12.2 Å². The SMILES string of the molecule is CN(C)C(=O)N1CCC(c2[nH]n(-c3nc4ccccc4[nH]3)c(=O)c2CCC2CCOCC2)CC1.CN(C)S(=O)(=O)N1CCC(c2[nH]n(-c3nc4ccccc4[nH]3)c(=O)c2CCC2CCOCC2)CC1.CS(=O)(=O)c1ccc(-c2[nH]n(-c3nc4ccccc4[nH]3)c(=O)c2CCC2CCN(CC(F)(F)F)CC2)cc1.CS(=O)(=O)c1cccc(-c2[nH]n(-c3nc4ncccc4[nH]3)c(=O)c2CCC2CCOCC2)c1. The van der Waals surface area contributed by atoms with Crippen molar-refractivity contribution in [1.82, 2.24) is 107 Å². The molecule has 8 N–H and O–H groups in total. The maximum Gasteiger partial charge on any atom is 0.401 e. The standard InChI is InChI=1S/C26H28F3N5O3S.C25H34N6O3.C24H34N6O4S.C23H25N5O4S/c1-38(36,37)19-9-7-18(8-10-19)23-20(11-6-17-12-14-33(15-13-17)16-26(27,28)29)24(35)34(32-23)25-30-21-4-2-3-5-22(21)31-25;1-29(2)25(33)30-13-9-18(10-14-30)22-19(8-7-17-11-15-34-16-12-17)23(32)31(28-22)24-26-20-5-3-4-6-21(20)27-24;1-28(2)35(32,33)29-13-9-18(10-14-29)22-19(8-7-17-11-15-34-16-12-17)23(31)30(27-22)24-25-20-5-3-4-6-21(20)26-24;1-33(30,31)17-5-2-4-16(14-17)20-18(8-7-15-9-12-32-13-10-15)22(29)28(27-20)23-25-19-6-3-11-24-21(19)26-23/h2-5,7-10,17,32H,6,11-16H2,1H3,(H,30,31);3-6,17-18,28H,7-16H2,1-2H3,(H,26,27);3-6,17-18,27H,7-16H2,1-2H3,(H,25,26);2-6,11,14-15,27H,7-10,12-13H2,1H3,(H,24,25,26). The number of carbonyl (C=O) groups is 1. The van der Waals surface area contributed by atoms with Gasteiger partial charge in [0.25, 0.3) is 32.4 Å². The zero-order valence-electron chi connectivity index (χ0n) is 79.4. The number of aromatic nitrogens is 17. The van der Waals surface area contributed by atoms with Crippen molar-refractivity contribution in [3.63, 3.8) is 0 Å². The molecule has 0 spiro atoms. The van der Waals surface area contributed by atoms with Crippen LogP contribution in [-0.4, -0.2) is 271 Å². The summed E-state index contributed by atoms with van der Waals surface area (Å²) in [6.07, 6.45) is 16.0. The Morgan fingerprint density at radius 1 is 0.421 bits per heavy atom. The van der Waals surface area contributed by atoms with E-state index in [1.807, 2.05) is 89.8 Å². The normalized spacial score (nSPS) is 17.1. The van der Waals surface area contributed by atoms with Crippen LogP contribution < -0.4 is 22.2 Å². The van der Waals surface area contributed by atoms with E-state index in [0.29, 0.717) is 177 Å². The summed E-state index contributed by atoms with van der Waals surface area (Å²) in [5, 5.41) is 13.1. The molecule has 0 radical (unpaired) electrons. The number of hydrogen-bond acceptors (Lipinski definition) is 20. The summed E-state index contributed by atoms with van der Waals surface area (Å²) in [6.45, 7) is 6.79. The van der Waals surface area contributed by atoms with E-state index < -0.39 is 42.6 Å². The van der Waals surface area contributed by atoms with E-state index in [-0.39, 0.29) is 55.8 Å². The van der Waals surface area contributed by atoms with Crippen LogP contribution in [0.4, 0.5) is 18.0 Å². The first-order valence-corrected chi connectivity index (χ1v) is 53.2. The number of nitrogens with zero attached hydrogens (tertiary/aromatic N) is 14. The third-order valence-corrected chi connectivity index (χ3v) is 32.1. The van der Waals surface area contributed by atoms with E-state index in [9.17, 15) is 62.4 Å². The number of pyridine rings is 1. The van der Waals surface area contributed by atoms with Crippen molar-refractivity contribution in [1.29, 1.82) is 0 Å². The van der Waals surface area contributed by atoms with Gasteiger partial charge < -0.3 is 43.9 Å². The summed E-state index contributed by atoms with van der Waals surface area (Å²) in [4.78, 5) is 107. The quantitative estimate of drug-likeness (QED) is 0.0263. The highest BCUT2D eigenvalue weighted by Crippen LogP contribution is 2.37. The van der Waals surface area contributed by atoms with Crippen LogP contribution in [0.3, 0.4) is 0 Å². The molecule has 36 nitrogen and oxygen atoms in total. The van der Waals surface area contributed by atoms with E-state index >= 15 is 0 Å². The molecule has 6 aliphatic rings. The van der Waals surface area contributed by atoms with Gasteiger partial charge in [-0.3, -0.25) is 44.5 Å². The molecule has 5 aromatic carbocycles. The van der Waals surface area contributed by atoms with Crippen molar-refractivity contribution in [3.05, 3.63) is 215 Å². The number of likely N-dealkylation sites (tertiary alicyclic amines) is 2. The van der Waals surface area contributed by atoms with Gasteiger partial charge in [0.15, 0.2) is 25.3 Å². The van der Waals surface area contributed by atoms with Crippen molar-refractivity contribution >= 4 is 80.2 Å². The number of sulfone groups is 2. The van der Waals surface area contributed by atoms with Gasteiger partial charge in [-0.05, 0) is 244 Å². The molecule has 42 heteroatoms. The molecule has 14 aromatic rings. The predicted octanol–water partition coefficient (Wildman–Crippen LogP) is 12.8. The Morgan fingerprint density at radius 2 is 0.807 bits per heavy atom. The lowest BCUT2D eigenvalue weighted by molar-refractivity contribution is -0.148. The van der Waals surface area contributed by atoms with Crippen molar-refractivity contribution in [2.75, 3.05) is 126 Å². The number of para-hydroxylation sites is 6. The number of urea groups is 1. The highest BCUT2D eigenvalue weighted by molar-refractivity contribution is 7.91. The van der Waals surface area contributed by atoms with Crippen LogP contribution in [0, 0.1) is 23.7 Å². The van der Waals surface area contributed by atoms with E-state index in [4.69, 9.17) is 14.2 Å². The zero-order valence-corrected chi connectivity index (χ0v) is 81.9. The van der Waals surface area contributed by atoms with Crippen LogP contribution in [0.25, 0.3) is 90.6 Å². The minimum atomic E-state index is -4.21. The molecule has 0 bridgehead atoms. The second-order valence-electron chi connectivity index (χ2n) is 37.8. The molecule has 0 atom stereocenters. The number of benzene rings is 5. The number of H-pyrrole nitrogens is 8. The summed E-state index contributed by atoms with van der Waals surface area (Å²) in [6, 6.07) is 39.6. The monoisotopic (exact) mass is 1980 g/mol. The second-order valence-corrected chi connectivity index (χ2v) is 44.0. The number of ether oxygens (including phenoxy) is 3. The average Bonchev–Trinajstić information content (AvgIpc) is 1.63. The van der Waals surface area contributed by atoms with Crippen molar-refractivity contribution in [3.8, 4) is 46.3 Å². The minimum absolute atomic E-state index is 0.0205. The number of imidazole rings is 4. The van der Waals surface area contributed by atoms with Gasteiger partial charge in [0.1, 0.15) is 0 Å². The van der Waals surface area contributed by atoms with Gasteiger partial charge in [-0.2, -0.15) is 53.9 Å². The number of carbonyl (C=O) groups excluding carboxylic acids is 1. The van der Waals surface area contributed by atoms with Crippen LogP contribution >= 0.6 is 0 Å². The Labute approximate surface area is 807 Å². The summed E-state index contributed by atoms with van der Waals surface area (Å²) >= 11 is 0. The van der Waals surface area contributed by atoms with Crippen molar-refractivity contribution in [2.24, 2.45) is 23.7 Å². The maximum absolute atomic E-state index is 13.6. The molecule has 6 aliphatic heterocycles. The molecule has 2 amide bonds. The van der Waals surface area contributed by atoms with Crippen LogP contribution in [0.2, 0.25) is 0 Å². The number of piperidine rings is 3. The number of hydrogen-bond donors (Lipinski definition) is 8. The topological polar surface area (TPSA) is 442 Å². The van der Waals surface area contributed by atoms with E-state index in [2.05, 4.69) is 65.3 Å². The largest absolute Gasteiger partial charge is 0.401 e. The lowest BCUT2D eigenvalue weighted by atomic mass is 9.88. The van der Waals surface area contributed by atoms with Gasteiger partial charge in [-0.25, -0.2) is 41.6 Å². The first-order valence-electron chi connectivity index (χ1n) is 48.0. The van der Waals surface area contributed by atoms with Gasteiger partial charge in [-0.15, -0.1) is 0 Å². The number of alkyl halides is 3. The molecule has 20 rings (SSSR count). The van der Waals surface area contributed by atoms with Crippen LogP contribution in [0.15, 0.2) is 169 Å². The fourth-order valence-corrected chi connectivity index (χ4v) is 22.3. The number of aromatic amines is 8. The van der Waals surface area contributed by atoms with Crippen LogP contribution in [0.1, 0.15) is 148 Å². The molecule has 9 aromatic heterocycles. The number of halogens is 3. The molecular weight excluding hydrogens is 1860 g/mol. The number of rotatable bonds is 25. The summed E-state index contributed by atoms with van der Waals surface area (Å²) in [5.41, 5.74) is 12.7. The second kappa shape index (κ2) is 43.1. The lowest BCUT2D eigenvalue weighted by Crippen LogP contribution is -2.44. The molecule has 140 heavy (non-hydrogen) atoms. The molecule has 6 fully saturated rings. The number of amides is 2. The predicted molar refractivity (Wildman–Crippen MR) is 527 cm³/mol. The summed E-state index contributed by atoms with van der Waals surface area (Å²) < 4.78 is 136. The van der Waals surface area contributed by atoms with Gasteiger partial charge in [-0.1, -0.05) is 60.7 Å². The fourth-order valence-electron chi connectivity index (χ4n) is 19.9. The smallest absolute Gasteiger partial charge is 0.381 e. The third-order valence-electron chi connectivity index (χ3n) is 27.9. The highest BCUT2D eigenvalue weighted by atomic mass is 32.2. The average molecular weight is 1980 g/mol.